The van der Waals surface area contributed by atoms with E-state index in [1.54, 1.807) is 42.3 Å². The number of hydrogen-bond donors (Lipinski definition) is 2. The molecule has 0 aliphatic carbocycles. The molecular formula is C37H33N5O5. The number of hydrogen-bond acceptors (Lipinski definition) is 8. The number of methoxy groups -OCH3 is 1. The van der Waals surface area contributed by atoms with Crippen LogP contribution in [-0.2, 0) is 15.1 Å². The van der Waals surface area contributed by atoms with Crippen LogP contribution in [-0.4, -0.2) is 57.0 Å². The highest BCUT2D eigenvalue weighted by Gasteiger charge is 2.47. The summed E-state index contributed by atoms with van der Waals surface area (Å²) in [5.74, 6) is 0.466. The summed E-state index contributed by atoms with van der Waals surface area (Å²) in [5.41, 5.74) is 3.26. The van der Waals surface area contributed by atoms with Gasteiger partial charge in [0, 0.05) is 5.56 Å². The normalized spacial score (nSPS) is 17.6. The molecule has 3 atom stereocenters. The highest BCUT2D eigenvalue weighted by Crippen LogP contribution is 2.45. The molecule has 0 saturated carbocycles. The van der Waals surface area contributed by atoms with E-state index in [1.165, 1.54) is 6.33 Å². The van der Waals surface area contributed by atoms with E-state index in [1.807, 2.05) is 66.7 Å². The number of carbonyl (C=O) groups is 1. The number of aromatic nitrogens is 4. The minimum atomic E-state index is -0.983. The number of ether oxygens (including phenoxy) is 3. The van der Waals surface area contributed by atoms with Gasteiger partial charge in [-0.15, -0.1) is 0 Å². The maximum absolute atomic E-state index is 12.9. The molecule has 1 amide bonds. The molecule has 10 nitrogen and oxygen atoms in total. The molecule has 2 aromatic heterocycles. The standard InChI is InChI=1S/C37H33N5O5/c1-45-29-19-17-28(18-20-29)37(26-13-7-3-8-14-26,27-15-9-4-10-16-27)46-22-30-31(21-43)47-36(30)42-24-40-32-33(38-23-39-34(32)42)41-35(44)25-11-5-2-6-12-25/h2-20,23-24,30-31,36,43H,21-22H2,1H3,(H,38,39,41,44)/t30-,31-,36-/m1/s1. The van der Waals surface area contributed by atoms with Crippen molar-refractivity contribution < 1.29 is 24.1 Å². The van der Waals surface area contributed by atoms with Crippen LogP contribution in [0.1, 0.15) is 33.3 Å². The molecule has 0 bridgehead atoms. The Labute approximate surface area is 271 Å². The van der Waals surface area contributed by atoms with Crippen LogP contribution < -0.4 is 10.1 Å². The van der Waals surface area contributed by atoms with Crippen LogP contribution in [0.3, 0.4) is 0 Å². The average Bonchev–Trinajstić information content (AvgIpc) is 3.55. The average molecular weight is 628 g/mol. The summed E-state index contributed by atoms with van der Waals surface area (Å²) in [6, 6.07) is 37.0. The van der Waals surface area contributed by atoms with Gasteiger partial charge in [-0.3, -0.25) is 9.36 Å². The molecule has 0 spiro atoms. The SMILES string of the molecule is COc1ccc(C(OC[C@H]2[C@H](n3cnc4c(NC(=O)c5ccccc5)ncnc43)O[C@@H]2CO)(c2ccccc2)c2ccccc2)cc1. The minimum Gasteiger partial charge on any atom is -0.497 e. The van der Waals surface area contributed by atoms with E-state index in [2.05, 4.69) is 44.5 Å². The van der Waals surface area contributed by atoms with Crippen LogP contribution in [0.2, 0.25) is 0 Å². The highest BCUT2D eigenvalue weighted by atomic mass is 16.6. The van der Waals surface area contributed by atoms with Crippen molar-refractivity contribution in [1.29, 1.82) is 0 Å². The largest absolute Gasteiger partial charge is 0.497 e. The van der Waals surface area contributed by atoms with Crippen molar-refractivity contribution in [2.45, 2.75) is 17.9 Å². The van der Waals surface area contributed by atoms with Gasteiger partial charge in [0.2, 0.25) is 0 Å². The second-order valence-corrected chi connectivity index (χ2v) is 11.2. The quantitative estimate of drug-likeness (QED) is 0.178. The number of nitrogens with one attached hydrogen (secondary N) is 1. The molecule has 0 radical (unpaired) electrons. The fraction of sp³-hybridized carbons (Fsp3) is 0.189. The van der Waals surface area contributed by atoms with Crippen LogP contribution in [0.15, 0.2) is 128 Å². The van der Waals surface area contributed by atoms with Crippen LogP contribution in [0.5, 0.6) is 5.75 Å². The molecule has 47 heavy (non-hydrogen) atoms. The molecule has 1 fully saturated rings. The zero-order valence-electron chi connectivity index (χ0n) is 25.6. The zero-order valence-corrected chi connectivity index (χ0v) is 25.6. The summed E-state index contributed by atoms with van der Waals surface area (Å²) in [5, 5.41) is 13.1. The molecule has 0 unspecified atom stereocenters. The number of anilines is 1. The second kappa shape index (κ2) is 13.1. The van der Waals surface area contributed by atoms with E-state index in [0.717, 1.165) is 22.4 Å². The van der Waals surface area contributed by atoms with Gasteiger partial charge in [0.1, 0.15) is 23.9 Å². The Morgan fingerprint density at radius 2 is 1.47 bits per heavy atom. The Hall–Kier alpha value is -5.42. The van der Waals surface area contributed by atoms with E-state index in [9.17, 15) is 9.90 Å². The number of aliphatic hydroxyl groups is 1. The summed E-state index contributed by atoms with van der Waals surface area (Å²) in [4.78, 5) is 26.2. The lowest BCUT2D eigenvalue weighted by Gasteiger charge is -2.46. The van der Waals surface area contributed by atoms with E-state index in [4.69, 9.17) is 14.2 Å². The van der Waals surface area contributed by atoms with Crippen LogP contribution in [0.25, 0.3) is 11.2 Å². The van der Waals surface area contributed by atoms with Gasteiger partial charge in [-0.2, -0.15) is 0 Å². The van der Waals surface area contributed by atoms with Crippen molar-refractivity contribution in [2.75, 3.05) is 25.6 Å². The van der Waals surface area contributed by atoms with E-state index in [-0.39, 0.29) is 25.0 Å². The number of imidazole rings is 1. The minimum absolute atomic E-state index is 0.184. The molecule has 3 heterocycles. The lowest BCUT2D eigenvalue weighted by atomic mass is 9.79. The molecule has 236 valence electrons. The van der Waals surface area contributed by atoms with Crippen LogP contribution >= 0.6 is 0 Å². The maximum Gasteiger partial charge on any atom is 0.256 e. The van der Waals surface area contributed by atoms with Crippen molar-refractivity contribution in [1.82, 2.24) is 19.5 Å². The van der Waals surface area contributed by atoms with Gasteiger partial charge in [0.05, 0.1) is 38.7 Å². The number of carbonyl (C=O) groups excluding carboxylic acids is 1. The first-order valence-corrected chi connectivity index (χ1v) is 15.3. The number of aliphatic hydroxyl groups excluding tert-OH is 1. The number of amides is 1. The van der Waals surface area contributed by atoms with Gasteiger partial charge in [0.15, 0.2) is 17.0 Å². The van der Waals surface area contributed by atoms with Crippen LogP contribution in [0.4, 0.5) is 5.82 Å². The van der Waals surface area contributed by atoms with Gasteiger partial charge in [-0.1, -0.05) is 91.0 Å². The summed E-state index contributed by atoms with van der Waals surface area (Å²) < 4.78 is 20.6. The van der Waals surface area contributed by atoms with E-state index >= 15 is 0 Å². The first kappa shape index (κ1) is 30.2. The fourth-order valence-corrected chi connectivity index (χ4v) is 6.16. The number of fused-ring (bicyclic) bond motifs is 1. The topological polar surface area (TPSA) is 121 Å². The molecule has 1 aliphatic rings. The molecular weight excluding hydrogens is 594 g/mol. The smallest absolute Gasteiger partial charge is 0.256 e. The maximum atomic E-state index is 12.9. The predicted octanol–water partition coefficient (Wildman–Crippen LogP) is 5.60. The van der Waals surface area contributed by atoms with Crippen molar-refractivity contribution in [3.05, 3.63) is 150 Å². The van der Waals surface area contributed by atoms with Crippen molar-refractivity contribution in [2.24, 2.45) is 5.92 Å². The Balaban J connectivity index is 1.23. The Morgan fingerprint density at radius 3 is 2.09 bits per heavy atom. The number of nitrogens with zero attached hydrogens (tertiary/aromatic N) is 4. The highest BCUT2D eigenvalue weighted by molar-refractivity contribution is 6.06. The lowest BCUT2D eigenvalue weighted by molar-refractivity contribution is -0.254. The summed E-state index contributed by atoms with van der Waals surface area (Å²) in [7, 11) is 1.64. The van der Waals surface area contributed by atoms with Gasteiger partial charge in [-0.25, -0.2) is 15.0 Å². The third-order valence-electron chi connectivity index (χ3n) is 8.59. The van der Waals surface area contributed by atoms with Crippen LogP contribution in [0, 0.1) is 5.92 Å². The summed E-state index contributed by atoms with van der Waals surface area (Å²) in [6.45, 7) is 0.0464. The van der Waals surface area contributed by atoms with Gasteiger partial charge in [0.25, 0.3) is 5.91 Å². The fourth-order valence-electron chi connectivity index (χ4n) is 6.16. The molecule has 7 rings (SSSR count). The van der Waals surface area contributed by atoms with Crippen molar-refractivity contribution in [3.63, 3.8) is 0 Å². The van der Waals surface area contributed by atoms with E-state index in [0.29, 0.717) is 22.5 Å². The predicted molar refractivity (Wildman–Crippen MR) is 176 cm³/mol. The van der Waals surface area contributed by atoms with Gasteiger partial charge in [-0.05, 0) is 41.0 Å². The lowest BCUT2D eigenvalue weighted by Crippen LogP contribution is -2.51. The summed E-state index contributed by atoms with van der Waals surface area (Å²) in [6.07, 6.45) is 1.99. The molecule has 10 heteroatoms. The molecule has 1 aliphatic heterocycles. The Kier molecular flexibility index (Phi) is 8.45. The Morgan fingerprint density at radius 1 is 0.851 bits per heavy atom. The molecule has 4 aromatic carbocycles. The first-order chi connectivity index (χ1) is 23.1. The van der Waals surface area contributed by atoms with Crippen molar-refractivity contribution in [3.8, 4) is 5.75 Å². The van der Waals surface area contributed by atoms with Gasteiger partial charge >= 0.3 is 0 Å². The molecule has 2 N–H and O–H groups in total. The van der Waals surface area contributed by atoms with Crippen molar-refractivity contribution >= 4 is 22.9 Å². The zero-order chi connectivity index (χ0) is 32.2. The molecule has 6 aromatic rings. The van der Waals surface area contributed by atoms with Gasteiger partial charge < -0.3 is 24.6 Å². The second-order valence-electron chi connectivity index (χ2n) is 11.2. The van der Waals surface area contributed by atoms with E-state index < -0.39 is 17.9 Å². The number of benzene rings is 4. The summed E-state index contributed by atoms with van der Waals surface area (Å²) >= 11 is 0. The molecule has 1 saturated heterocycles. The third kappa shape index (κ3) is 5.63. The monoisotopic (exact) mass is 627 g/mol. The third-order valence-corrected chi connectivity index (χ3v) is 8.59. The number of rotatable bonds is 11. The Bertz CT molecular complexity index is 1910. The first-order valence-electron chi connectivity index (χ1n) is 15.3.